The van der Waals surface area contributed by atoms with E-state index in [4.69, 9.17) is 4.74 Å². The molecule has 0 fully saturated rings. The fourth-order valence-corrected chi connectivity index (χ4v) is 0.872. The highest BCUT2D eigenvalue weighted by atomic mass is 16.5. The van der Waals surface area contributed by atoms with Crippen LogP contribution in [0, 0.1) is 0 Å². The number of carbonyl (C=O) groups is 1. The highest BCUT2D eigenvalue weighted by molar-refractivity contribution is 5.86. The second-order valence-corrected chi connectivity index (χ2v) is 2.58. The Morgan fingerprint density at radius 3 is 2.75 bits per heavy atom. The molecular weight excluding hydrogens is 154 g/mol. The van der Waals surface area contributed by atoms with Crippen LogP contribution in [0.1, 0.15) is 19.8 Å². The van der Waals surface area contributed by atoms with Crippen molar-refractivity contribution in [3.05, 3.63) is 12.7 Å². The molecule has 0 aliphatic carbocycles. The van der Waals surface area contributed by atoms with Crippen LogP contribution in [0.3, 0.4) is 0 Å². The Bertz CT molecular complexity index is 145. The van der Waals surface area contributed by atoms with Crippen LogP contribution in [0.25, 0.3) is 0 Å². The van der Waals surface area contributed by atoms with E-state index >= 15 is 0 Å². The maximum atomic E-state index is 11.1. The minimum Gasteiger partial charge on any atom is -0.364 e. The molecule has 12 heavy (non-hydrogen) atoms. The molecule has 0 heterocycles. The molecule has 3 heteroatoms. The normalized spacial score (nSPS) is 9.50. The van der Waals surface area contributed by atoms with Gasteiger partial charge in [0.25, 0.3) is 0 Å². The first kappa shape index (κ1) is 11.2. The summed E-state index contributed by atoms with van der Waals surface area (Å²) in [5.41, 5.74) is 0. The van der Waals surface area contributed by atoms with Crippen molar-refractivity contribution < 1.29 is 9.53 Å². The predicted molar refractivity (Wildman–Crippen MR) is 48.7 cm³/mol. The predicted octanol–water partition coefficient (Wildman–Crippen LogP) is 1.41. The summed E-state index contributed by atoms with van der Waals surface area (Å²) >= 11 is 0. The van der Waals surface area contributed by atoms with Gasteiger partial charge in [-0.1, -0.05) is 19.9 Å². The van der Waals surface area contributed by atoms with E-state index in [1.807, 2.05) is 0 Å². The van der Waals surface area contributed by atoms with Crippen molar-refractivity contribution in [2.75, 3.05) is 20.4 Å². The Kier molecular flexibility index (Phi) is 6.38. The monoisotopic (exact) mass is 171 g/mol. The van der Waals surface area contributed by atoms with Gasteiger partial charge in [0.2, 0.25) is 5.91 Å². The van der Waals surface area contributed by atoms with Gasteiger partial charge in [-0.2, -0.15) is 0 Å². The van der Waals surface area contributed by atoms with Gasteiger partial charge in [0.15, 0.2) is 0 Å². The van der Waals surface area contributed by atoms with E-state index in [0.717, 1.165) is 19.4 Å². The number of amides is 1. The molecule has 0 aromatic carbocycles. The van der Waals surface area contributed by atoms with Gasteiger partial charge in [-0.25, -0.2) is 0 Å². The quantitative estimate of drug-likeness (QED) is 0.446. The zero-order valence-electron chi connectivity index (χ0n) is 7.88. The summed E-state index contributed by atoms with van der Waals surface area (Å²) in [7, 11) is 1.58. The van der Waals surface area contributed by atoms with Crippen LogP contribution in [0.15, 0.2) is 12.7 Å². The molecule has 0 radical (unpaired) electrons. The smallest absolute Gasteiger partial charge is 0.247 e. The van der Waals surface area contributed by atoms with E-state index in [1.54, 1.807) is 12.0 Å². The molecule has 0 spiro atoms. The Morgan fingerprint density at radius 2 is 2.33 bits per heavy atom. The largest absolute Gasteiger partial charge is 0.364 e. The van der Waals surface area contributed by atoms with Crippen molar-refractivity contribution >= 4 is 5.91 Å². The third-order valence-corrected chi connectivity index (χ3v) is 1.55. The van der Waals surface area contributed by atoms with Crippen molar-refractivity contribution in [2.24, 2.45) is 0 Å². The lowest BCUT2D eigenvalue weighted by atomic mass is 10.3. The van der Waals surface area contributed by atoms with Gasteiger partial charge in [0.05, 0.1) is 0 Å². The van der Waals surface area contributed by atoms with Gasteiger partial charge in [0.1, 0.15) is 6.73 Å². The summed E-state index contributed by atoms with van der Waals surface area (Å²) in [5, 5.41) is 0. The number of nitrogens with zero attached hydrogens (tertiary/aromatic N) is 1. The zero-order chi connectivity index (χ0) is 9.40. The Labute approximate surface area is 74.0 Å². The number of hydrogen-bond acceptors (Lipinski definition) is 2. The summed E-state index contributed by atoms with van der Waals surface area (Å²) in [4.78, 5) is 12.8. The van der Waals surface area contributed by atoms with Crippen molar-refractivity contribution in [3.63, 3.8) is 0 Å². The SMILES string of the molecule is C=CC(=O)N(CCCC)COC. The molecule has 70 valence electrons. The molecule has 0 unspecified atom stereocenters. The molecule has 0 bridgehead atoms. The van der Waals surface area contributed by atoms with Crippen LogP contribution in [0.5, 0.6) is 0 Å². The molecule has 0 aliphatic heterocycles. The summed E-state index contributed by atoms with van der Waals surface area (Å²) in [5.74, 6) is -0.0645. The molecule has 0 saturated heterocycles. The first-order valence-electron chi connectivity index (χ1n) is 4.16. The van der Waals surface area contributed by atoms with E-state index in [-0.39, 0.29) is 5.91 Å². The average molecular weight is 171 g/mol. The summed E-state index contributed by atoms with van der Waals surface area (Å²) in [6.07, 6.45) is 3.39. The number of ether oxygens (including phenoxy) is 1. The summed E-state index contributed by atoms with van der Waals surface area (Å²) < 4.78 is 4.88. The molecule has 0 aliphatic rings. The van der Waals surface area contributed by atoms with E-state index < -0.39 is 0 Å². The van der Waals surface area contributed by atoms with Crippen LogP contribution >= 0.6 is 0 Å². The number of hydrogen-bond donors (Lipinski definition) is 0. The van der Waals surface area contributed by atoms with Crippen LogP contribution in [-0.4, -0.2) is 31.2 Å². The van der Waals surface area contributed by atoms with Crippen molar-refractivity contribution in [2.45, 2.75) is 19.8 Å². The Morgan fingerprint density at radius 1 is 1.67 bits per heavy atom. The zero-order valence-corrected chi connectivity index (χ0v) is 7.88. The van der Waals surface area contributed by atoms with Crippen LogP contribution in [-0.2, 0) is 9.53 Å². The van der Waals surface area contributed by atoms with Gasteiger partial charge < -0.3 is 9.64 Å². The van der Waals surface area contributed by atoms with E-state index in [0.29, 0.717) is 6.73 Å². The molecule has 0 rings (SSSR count). The molecule has 3 nitrogen and oxygen atoms in total. The third kappa shape index (κ3) is 4.13. The molecule has 1 amide bonds. The number of rotatable bonds is 6. The van der Waals surface area contributed by atoms with Crippen molar-refractivity contribution in [1.82, 2.24) is 4.90 Å². The highest BCUT2D eigenvalue weighted by Gasteiger charge is 2.07. The first-order chi connectivity index (χ1) is 5.76. The third-order valence-electron chi connectivity index (χ3n) is 1.55. The number of unbranched alkanes of at least 4 members (excludes halogenated alkanes) is 1. The van der Waals surface area contributed by atoms with Gasteiger partial charge in [-0.05, 0) is 12.5 Å². The average Bonchev–Trinajstić information content (AvgIpc) is 2.11. The topological polar surface area (TPSA) is 29.5 Å². The van der Waals surface area contributed by atoms with E-state index in [1.165, 1.54) is 6.08 Å². The number of carbonyl (C=O) groups excluding carboxylic acids is 1. The van der Waals surface area contributed by atoms with Crippen molar-refractivity contribution in [1.29, 1.82) is 0 Å². The lowest BCUT2D eigenvalue weighted by Crippen LogP contribution is -2.32. The Balaban J connectivity index is 3.84. The lowest BCUT2D eigenvalue weighted by molar-refractivity contribution is -0.130. The van der Waals surface area contributed by atoms with Gasteiger partial charge in [-0.3, -0.25) is 4.79 Å². The highest BCUT2D eigenvalue weighted by Crippen LogP contribution is 1.96. The molecule has 0 N–H and O–H groups in total. The van der Waals surface area contributed by atoms with E-state index in [2.05, 4.69) is 13.5 Å². The lowest BCUT2D eigenvalue weighted by Gasteiger charge is -2.19. The first-order valence-corrected chi connectivity index (χ1v) is 4.16. The summed E-state index contributed by atoms with van der Waals surface area (Å²) in [6.45, 7) is 6.61. The fraction of sp³-hybridized carbons (Fsp3) is 0.667. The standard InChI is InChI=1S/C9H17NO2/c1-4-6-7-10(8-12-3)9(11)5-2/h5H,2,4,6-8H2,1,3H3. The maximum absolute atomic E-state index is 11.1. The van der Waals surface area contributed by atoms with Crippen LogP contribution in [0.2, 0.25) is 0 Å². The molecule has 0 aromatic rings. The minimum absolute atomic E-state index is 0.0645. The minimum atomic E-state index is -0.0645. The molecular formula is C9H17NO2. The number of methoxy groups -OCH3 is 1. The molecule has 0 saturated carbocycles. The van der Waals surface area contributed by atoms with Crippen molar-refractivity contribution in [3.8, 4) is 0 Å². The van der Waals surface area contributed by atoms with Gasteiger partial charge >= 0.3 is 0 Å². The Hall–Kier alpha value is -0.830. The second-order valence-electron chi connectivity index (χ2n) is 2.58. The molecule has 0 atom stereocenters. The summed E-state index contributed by atoms with van der Waals surface area (Å²) in [6, 6.07) is 0. The van der Waals surface area contributed by atoms with Crippen LogP contribution < -0.4 is 0 Å². The second kappa shape index (κ2) is 6.85. The van der Waals surface area contributed by atoms with Gasteiger partial charge in [0, 0.05) is 13.7 Å². The molecule has 0 aromatic heterocycles. The fourth-order valence-electron chi connectivity index (χ4n) is 0.872. The van der Waals surface area contributed by atoms with E-state index in [9.17, 15) is 4.79 Å². The maximum Gasteiger partial charge on any atom is 0.247 e. The van der Waals surface area contributed by atoms with Crippen LogP contribution in [0.4, 0.5) is 0 Å². The van der Waals surface area contributed by atoms with Gasteiger partial charge in [-0.15, -0.1) is 0 Å².